The van der Waals surface area contributed by atoms with E-state index in [2.05, 4.69) is 31.8 Å². The molecule has 1 atom stereocenters. The average molecular weight is 582 g/mol. The Morgan fingerprint density at radius 2 is 1.65 bits per heavy atom. The molecule has 0 saturated carbocycles. The van der Waals surface area contributed by atoms with Crippen LogP contribution in [0.2, 0.25) is 5.02 Å². The van der Waals surface area contributed by atoms with Crippen molar-refractivity contribution in [1.29, 1.82) is 0 Å². The van der Waals surface area contributed by atoms with Crippen molar-refractivity contribution in [3.63, 3.8) is 0 Å². The summed E-state index contributed by atoms with van der Waals surface area (Å²) >= 11 is 5.90. The molecule has 2 heterocycles. The Kier molecular flexibility index (Phi) is 9.39. The number of carboxylic acid groups (broad SMARTS) is 1. The van der Waals surface area contributed by atoms with Gasteiger partial charge in [-0.25, -0.2) is 0 Å². The molecule has 1 aliphatic rings. The number of carbonyl (C=O) groups excluding carboxylic acids is 1. The Hall–Kier alpha value is -3.95. The number of nitrogens with one attached hydrogen (secondary N) is 2. The van der Waals surface area contributed by atoms with Crippen LogP contribution in [0.5, 0.6) is 0 Å². The number of nitrogens with zero attached hydrogens (tertiary/aromatic N) is 3. The Balaban J connectivity index is 1.32. The van der Waals surface area contributed by atoms with E-state index >= 15 is 0 Å². The van der Waals surface area contributed by atoms with Gasteiger partial charge in [-0.2, -0.15) is 17.4 Å². The van der Waals surface area contributed by atoms with Crippen molar-refractivity contribution in [3.8, 4) is 11.8 Å². The van der Waals surface area contributed by atoms with E-state index in [0.717, 1.165) is 16.8 Å². The number of benzene rings is 2. The number of carbonyl (C=O) groups is 2. The number of aliphatic carboxylic acids is 1. The van der Waals surface area contributed by atoms with Crippen molar-refractivity contribution in [3.05, 3.63) is 94.3 Å². The SMILES string of the molecule is C[C@@H](NS(=O)(=O)N1CCN(c2ccc(C#Cc3ccnc(C(=O)NCc4ccc(Cl)cc4)c3)cc2)CC1)C(=O)O. The van der Waals surface area contributed by atoms with Gasteiger partial charge < -0.3 is 15.3 Å². The van der Waals surface area contributed by atoms with Crippen LogP contribution in [0.25, 0.3) is 0 Å². The first-order valence-electron chi connectivity index (χ1n) is 12.5. The summed E-state index contributed by atoms with van der Waals surface area (Å²) < 4.78 is 28.3. The third kappa shape index (κ3) is 7.80. The Morgan fingerprint density at radius 1 is 1.00 bits per heavy atom. The van der Waals surface area contributed by atoms with Crippen LogP contribution >= 0.6 is 11.6 Å². The van der Waals surface area contributed by atoms with Gasteiger partial charge in [0.05, 0.1) is 0 Å². The molecule has 1 saturated heterocycles. The van der Waals surface area contributed by atoms with Crippen LogP contribution in [0.3, 0.4) is 0 Å². The minimum atomic E-state index is -3.88. The number of hydrogen-bond acceptors (Lipinski definition) is 6. The average Bonchev–Trinajstić information content (AvgIpc) is 2.96. The van der Waals surface area contributed by atoms with Gasteiger partial charge >= 0.3 is 5.97 Å². The number of carboxylic acids is 1. The lowest BCUT2D eigenvalue weighted by Gasteiger charge is -2.35. The maximum absolute atomic E-state index is 12.5. The lowest BCUT2D eigenvalue weighted by atomic mass is 10.1. The van der Waals surface area contributed by atoms with Crippen molar-refractivity contribution >= 4 is 39.4 Å². The van der Waals surface area contributed by atoms with Crippen molar-refractivity contribution in [2.45, 2.75) is 19.5 Å². The standard InChI is InChI=1S/C28H28ClN5O5S/c1-20(28(36)37)32-40(38,39)34-16-14-33(15-17-34)25-10-6-21(7-11-25)2-3-22-12-13-30-26(18-22)27(35)31-19-23-4-8-24(29)9-5-23/h4-13,18,20,32H,14-17,19H2,1H3,(H,31,35)(H,36,37)/t20-/m1/s1. The molecular formula is C28H28ClN5O5S. The van der Waals surface area contributed by atoms with E-state index in [1.54, 1.807) is 30.5 Å². The highest BCUT2D eigenvalue weighted by atomic mass is 35.5. The summed E-state index contributed by atoms with van der Waals surface area (Å²) in [5.41, 5.74) is 3.55. The van der Waals surface area contributed by atoms with Crippen LogP contribution in [0.15, 0.2) is 66.9 Å². The summed E-state index contributed by atoms with van der Waals surface area (Å²) in [6, 6.07) is 17.0. The second-order valence-electron chi connectivity index (χ2n) is 9.10. The monoisotopic (exact) mass is 581 g/mol. The zero-order valence-electron chi connectivity index (χ0n) is 21.7. The van der Waals surface area contributed by atoms with Gasteiger partial charge in [0, 0.05) is 60.8 Å². The van der Waals surface area contributed by atoms with Gasteiger partial charge in [0.1, 0.15) is 11.7 Å². The Labute approximate surface area is 238 Å². The molecule has 1 amide bonds. The van der Waals surface area contributed by atoms with Crippen LogP contribution in [-0.2, 0) is 21.5 Å². The second-order valence-corrected chi connectivity index (χ2v) is 11.2. The van der Waals surface area contributed by atoms with Gasteiger partial charge in [-0.15, -0.1) is 0 Å². The first-order chi connectivity index (χ1) is 19.1. The first kappa shape index (κ1) is 29.0. The van der Waals surface area contributed by atoms with E-state index in [0.29, 0.717) is 30.2 Å². The molecule has 1 aliphatic heterocycles. The molecule has 0 radical (unpaired) electrons. The summed E-state index contributed by atoms with van der Waals surface area (Å²) in [5.74, 6) is 4.62. The van der Waals surface area contributed by atoms with Gasteiger partial charge in [0.15, 0.2) is 0 Å². The van der Waals surface area contributed by atoms with E-state index in [9.17, 15) is 18.0 Å². The van der Waals surface area contributed by atoms with E-state index in [1.807, 2.05) is 36.4 Å². The summed E-state index contributed by atoms with van der Waals surface area (Å²) in [5, 5.41) is 12.4. The van der Waals surface area contributed by atoms with Crippen molar-refractivity contribution < 1.29 is 23.1 Å². The number of halogens is 1. The third-order valence-electron chi connectivity index (χ3n) is 6.22. The van der Waals surface area contributed by atoms with Gasteiger partial charge in [-0.1, -0.05) is 35.6 Å². The summed E-state index contributed by atoms with van der Waals surface area (Å²) in [6.45, 7) is 3.04. The molecular weight excluding hydrogens is 554 g/mol. The third-order valence-corrected chi connectivity index (χ3v) is 8.17. The van der Waals surface area contributed by atoms with Crippen LogP contribution < -0.4 is 14.9 Å². The van der Waals surface area contributed by atoms with Gasteiger partial charge in [0.25, 0.3) is 16.1 Å². The molecule has 2 aromatic carbocycles. The van der Waals surface area contributed by atoms with Crippen molar-refractivity contribution in [2.24, 2.45) is 0 Å². The lowest BCUT2D eigenvalue weighted by molar-refractivity contribution is -0.138. The summed E-state index contributed by atoms with van der Waals surface area (Å²) in [4.78, 5) is 29.7. The number of hydrogen-bond donors (Lipinski definition) is 3. The summed E-state index contributed by atoms with van der Waals surface area (Å²) in [6.07, 6.45) is 1.54. The molecule has 208 valence electrons. The van der Waals surface area contributed by atoms with Crippen LogP contribution in [0.1, 0.15) is 34.1 Å². The fourth-order valence-electron chi connectivity index (χ4n) is 3.94. The predicted octanol–water partition coefficient (Wildman–Crippen LogP) is 2.49. The number of piperazine rings is 1. The highest BCUT2D eigenvalue weighted by Gasteiger charge is 2.29. The minimum absolute atomic E-state index is 0.237. The van der Waals surface area contributed by atoms with E-state index in [-0.39, 0.29) is 24.7 Å². The minimum Gasteiger partial charge on any atom is -0.480 e. The molecule has 0 spiro atoms. The Bertz CT molecular complexity index is 1530. The van der Waals surface area contributed by atoms with E-state index in [4.69, 9.17) is 16.7 Å². The van der Waals surface area contributed by atoms with Gasteiger partial charge in [-0.3, -0.25) is 14.6 Å². The molecule has 0 aliphatic carbocycles. The van der Waals surface area contributed by atoms with Crippen molar-refractivity contribution in [1.82, 2.24) is 19.3 Å². The highest BCUT2D eigenvalue weighted by Crippen LogP contribution is 2.18. The van der Waals surface area contributed by atoms with Crippen LogP contribution in [0.4, 0.5) is 5.69 Å². The predicted molar refractivity (Wildman–Crippen MR) is 152 cm³/mol. The number of anilines is 1. The molecule has 10 nitrogen and oxygen atoms in total. The Morgan fingerprint density at radius 3 is 2.30 bits per heavy atom. The maximum atomic E-state index is 12.5. The molecule has 3 N–H and O–H groups in total. The van der Waals surface area contributed by atoms with Crippen molar-refractivity contribution in [2.75, 3.05) is 31.1 Å². The first-order valence-corrected chi connectivity index (χ1v) is 14.3. The van der Waals surface area contributed by atoms with Crippen LogP contribution in [-0.4, -0.2) is 66.9 Å². The molecule has 0 bridgehead atoms. The lowest BCUT2D eigenvalue weighted by Crippen LogP contribution is -2.54. The highest BCUT2D eigenvalue weighted by molar-refractivity contribution is 7.87. The molecule has 1 fully saturated rings. The molecule has 4 rings (SSSR count). The maximum Gasteiger partial charge on any atom is 0.321 e. The van der Waals surface area contributed by atoms with Crippen LogP contribution in [0, 0.1) is 11.8 Å². The number of pyridine rings is 1. The zero-order chi connectivity index (χ0) is 28.7. The fourth-order valence-corrected chi connectivity index (χ4v) is 5.41. The second kappa shape index (κ2) is 12.9. The molecule has 40 heavy (non-hydrogen) atoms. The quantitative estimate of drug-likeness (QED) is 0.348. The van der Waals surface area contributed by atoms with Gasteiger partial charge in [0.2, 0.25) is 0 Å². The van der Waals surface area contributed by atoms with Gasteiger partial charge in [-0.05, 0) is 61.0 Å². The largest absolute Gasteiger partial charge is 0.480 e. The molecule has 0 unspecified atom stereocenters. The molecule has 3 aromatic rings. The fraction of sp³-hybridized carbons (Fsp3) is 0.250. The number of amides is 1. The van der Waals surface area contributed by atoms with E-state index in [1.165, 1.54) is 11.2 Å². The number of aromatic nitrogens is 1. The number of rotatable bonds is 8. The topological polar surface area (TPSA) is 132 Å². The normalized spacial score (nSPS) is 14.6. The van der Waals surface area contributed by atoms with E-state index < -0.39 is 22.2 Å². The molecule has 1 aromatic heterocycles. The molecule has 12 heteroatoms. The smallest absolute Gasteiger partial charge is 0.321 e. The summed E-state index contributed by atoms with van der Waals surface area (Å²) in [7, 11) is -3.88. The zero-order valence-corrected chi connectivity index (χ0v) is 23.2.